The molecule has 0 saturated carbocycles. The summed E-state index contributed by atoms with van der Waals surface area (Å²) in [5, 5.41) is 23.3. The Kier molecular flexibility index (Phi) is 7.81. The van der Waals surface area contributed by atoms with Crippen LogP contribution in [0, 0.1) is 21.4 Å². The van der Waals surface area contributed by atoms with E-state index in [1.54, 1.807) is 54.6 Å². The first-order valence-corrected chi connectivity index (χ1v) is 10.0. The molecule has 0 aromatic heterocycles. The van der Waals surface area contributed by atoms with Crippen molar-refractivity contribution < 1.29 is 23.9 Å². The van der Waals surface area contributed by atoms with Gasteiger partial charge in [-0.1, -0.05) is 12.1 Å². The van der Waals surface area contributed by atoms with E-state index < -0.39 is 10.8 Å². The average molecular weight is 459 g/mol. The van der Waals surface area contributed by atoms with E-state index in [1.165, 1.54) is 32.4 Å². The second-order valence-corrected chi connectivity index (χ2v) is 6.97. The highest BCUT2D eigenvalue weighted by Crippen LogP contribution is 2.28. The van der Waals surface area contributed by atoms with Gasteiger partial charge in [-0.05, 0) is 48.0 Å². The molecule has 9 heteroatoms. The Hall–Kier alpha value is -4.84. The Morgan fingerprint density at radius 3 is 2.41 bits per heavy atom. The minimum atomic E-state index is -0.590. The molecule has 0 aliphatic heterocycles. The Bertz CT molecular complexity index is 1260. The van der Waals surface area contributed by atoms with Crippen LogP contribution in [0.25, 0.3) is 6.08 Å². The molecule has 0 aliphatic carbocycles. The van der Waals surface area contributed by atoms with E-state index in [1.807, 2.05) is 6.07 Å². The van der Waals surface area contributed by atoms with E-state index in [4.69, 9.17) is 14.2 Å². The van der Waals surface area contributed by atoms with E-state index in [9.17, 15) is 20.2 Å². The van der Waals surface area contributed by atoms with Gasteiger partial charge in [0.25, 0.3) is 11.6 Å². The molecular weight excluding hydrogens is 438 g/mol. The maximum absolute atomic E-state index is 12.7. The third-order valence-corrected chi connectivity index (χ3v) is 4.75. The molecular formula is C25H21N3O6. The second kappa shape index (κ2) is 11.2. The number of amides is 1. The number of hydrogen-bond donors (Lipinski definition) is 1. The molecule has 0 radical (unpaired) electrons. The third kappa shape index (κ3) is 6.11. The number of nitro benzene ring substituents is 1. The van der Waals surface area contributed by atoms with Crippen LogP contribution in [-0.4, -0.2) is 25.1 Å². The number of carbonyl (C=O) groups excluding carboxylic acids is 1. The van der Waals surface area contributed by atoms with Gasteiger partial charge in [-0.3, -0.25) is 14.9 Å². The van der Waals surface area contributed by atoms with Crippen molar-refractivity contribution in [3.8, 4) is 23.3 Å². The number of nitriles is 1. The van der Waals surface area contributed by atoms with Gasteiger partial charge in [-0.25, -0.2) is 0 Å². The number of rotatable bonds is 9. The minimum Gasteiger partial charge on any atom is -0.497 e. The van der Waals surface area contributed by atoms with Crippen LogP contribution in [0.4, 0.5) is 11.4 Å². The summed E-state index contributed by atoms with van der Waals surface area (Å²) >= 11 is 0. The molecule has 3 rings (SSSR count). The molecule has 0 unspecified atom stereocenters. The van der Waals surface area contributed by atoms with Gasteiger partial charge in [-0.2, -0.15) is 5.26 Å². The number of nitrogens with one attached hydrogen (secondary N) is 1. The highest BCUT2D eigenvalue weighted by Gasteiger charge is 2.13. The lowest BCUT2D eigenvalue weighted by atomic mass is 10.1. The van der Waals surface area contributed by atoms with Gasteiger partial charge in [0.2, 0.25) is 0 Å². The van der Waals surface area contributed by atoms with Crippen molar-refractivity contribution in [1.29, 1.82) is 5.26 Å². The number of anilines is 1. The summed E-state index contributed by atoms with van der Waals surface area (Å²) in [6.45, 7) is 0.0373. The van der Waals surface area contributed by atoms with E-state index in [2.05, 4.69) is 5.32 Å². The number of nitro groups is 1. The highest BCUT2D eigenvalue weighted by molar-refractivity contribution is 6.09. The molecule has 1 N–H and O–H groups in total. The summed E-state index contributed by atoms with van der Waals surface area (Å²) in [6, 6.07) is 19.6. The van der Waals surface area contributed by atoms with Crippen LogP contribution in [0.15, 0.2) is 72.3 Å². The highest BCUT2D eigenvalue weighted by atomic mass is 16.6. The Balaban J connectivity index is 1.84. The van der Waals surface area contributed by atoms with Crippen molar-refractivity contribution in [3.63, 3.8) is 0 Å². The number of nitrogens with zero attached hydrogens (tertiary/aromatic N) is 2. The predicted molar refractivity (Wildman–Crippen MR) is 126 cm³/mol. The normalized spacial score (nSPS) is 10.7. The van der Waals surface area contributed by atoms with Gasteiger partial charge in [0.1, 0.15) is 35.5 Å². The molecule has 34 heavy (non-hydrogen) atoms. The molecule has 0 aliphatic rings. The number of carbonyl (C=O) groups is 1. The zero-order valence-corrected chi connectivity index (χ0v) is 18.5. The van der Waals surface area contributed by atoms with Crippen LogP contribution in [-0.2, 0) is 11.4 Å². The van der Waals surface area contributed by atoms with Gasteiger partial charge >= 0.3 is 0 Å². The fourth-order valence-corrected chi connectivity index (χ4v) is 2.98. The Morgan fingerprint density at radius 1 is 1.06 bits per heavy atom. The van der Waals surface area contributed by atoms with Crippen LogP contribution in [0.1, 0.15) is 11.1 Å². The minimum absolute atomic E-state index is 0.0373. The lowest BCUT2D eigenvalue weighted by molar-refractivity contribution is -0.384. The monoisotopic (exact) mass is 459 g/mol. The first-order chi connectivity index (χ1) is 16.4. The lowest BCUT2D eigenvalue weighted by Gasteiger charge is -2.12. The van der Waals surface area contributed by atoms with Crippen molar-refractivity contribution in [1.82, 2.24) is 0 Å². The predicted octanol–water partition coefficient (Wildman–Crippen LogP) is 4.74. The van der Waals surface area contributed by atoms with Crippen LogP contribution in [0.5, 0.6) is 17.2 Å². The van der Waals surface area contributed by atoms with Crippen molar-refractivity contribution in [3.05, 3.63) is 93.5 Å². The smallest absolute Gasteiger partial charge is 0.269 e. The Labute approximate surface area is 196 Å². The summed E-state index contributed by atoms with van der Waals surface area (Å²) in [5.41, 5.74) is 1.37. The summed E-state index contributed by atoms with van der Waals surface area (Å²) in [7, 11) is 3.04. The summed E-state index contributed by atoms with van der Waals surface area (Å²) in [6.07, 6.45) is 1.40. The molecule has 1 amide bonds. The van der Waals surface area contributed by atoms with Gasteiger partial charge in [0.05, 0.1) is 19.1 Å². The Morgan fingerprint density at radius 2 is 1.76 bits per heavy atom. The summed E-state index contributed by atoms with van der Waals surface area (Å²) in [4.78, 5) is 23.2. The lowest BCUT2D eigenvalue weighted by Crippen LogP contribution is -2.13. The van der Waals surface area contributed by atoms with Crippen LogP contribution >= 0.6 is 0 Å². The molecule has 3 aromatic rings. The van der Waals surface area contributed by atoms with E-state index in [0.29, 0.717) is 34.1 Å². The quantitative estimate of drug-likeness (QED) is 0.212. The molecule has 0 heterocycles. The topological polar surface area (TPSA) is 124 Å². The van der Waals surface area contributed by atoms with E-state index in [0.717, 1.165) is 0 Å². The number of non-ortho nitro benzene ring substituents is 1. The molecule has 0 saturated heterocycles. The zero-order valence-electron chi connectivity index (χ0n) is 18.5. The molecule has 0 spiro atoms. The first-order valence-electron chi connectivity index (χ1n) is 10.0. The number of benzene rings is 3. The zero-order chi connectivity index (χ0) is 24.5. The van der Waals surface area contributed by atoms with Gasteiger partial charge < -0.3 is 19.5 Å². The average Bonchev–Trinajstić information content (AvgIpc) is 2.86. The second-order valence-electron chi connectivity index (χ2n) is 6.97. The standard InChI is InChI=1S/C25H21N3O6/c1-32-22-10-7-20(8-11-22)27-25(29)19(15-26)13-18-6-9-23(33-2)14-24(18)34-16-17-4-3-5-21(12-17)28(30)31/h3-14H,16H2,1-2H3,(H,27,29)/b19-13+. The summed E-state index contributed by atoms with van der Waals surface area (Å²) in [5.74, 6) is 0.897. The third-order valence-electron chi connectivity index (χ3n) is 4.75. The van der Waals surface area contributed by atoms with Crippen LogP contribution < -0.4 is 19.5 Å². The largest absolute Gasteiger partial charge is 0.497 e. The first kappa shape index (κ1) is 23.8. The fourth-order valence-electron chi connectivity index (χ4n) is 2.98. The fraction of sp³-hybridized carbons (Fsp3) is 0.120. The molecule has 9 nitrogen and oxygen atoms in total. The molecule has 0 bridgehead atoms. The van der Waals surface area contributed by atoms with Crippen LogP contribution in [0.3, 0.4) is 0 Å². The number of ether oxygens (including phenoxy) is 3. The van der Waals surface area contributed by atoms with Crippen molar-refractivity contribution in [2.45, 2.75) is 6.61 Å². The maximum atomic E-state index is 12.7. The maximum Gasteiger partial charge on any atom is 0.269 e. The van der Waals surface area contributed by atoms with Crippen molar-refractivity contribution in [2.24, 2.45) is 0 Å². The molecule has 0 fully saturated rings. The van der Waals surface area contributed by atoms with E-state index >= 15 is 0 Å². The molecule has 3 aromatic carbocycles. The number of methoxy groups -OCH3 is 2. The van der Waals surface area contributed by atoms with Gasteiger partial charge in [0, 0.05) is 29.4 Å². The van der Waals surface area contributed by atoms with Gasteiger partial charge in [0.15, 0.2) is 0 Å². The van der Waals surface area contributed by atoms with Crippen molar-refractivity contribution in [2.75, 3.05) is 19.5 Å². The molecule has 0 atom stereocenters. The summed E-state index contributed by atoms with van der Waals surface area (Å²) < 4.78 is 16.2. The van der Waals surface area contributed by atoms with E-state index in [-0.39, 0.29) is 17.9 Å². The van der Waals surface area contributed by atoms with Crippen molar-refractivity contribution >= 4 is 23.4 Å². The van der Waals surface area contributed by atoms with Crippen LogP contribution in [0.2, 0.25) is 0 Å². The van der Waals surface area contributed by atoms with Gasteiger partial charge in [-0.15, -0.1) is 0 Å². The SMILES string of the molecule is COc1ccc(NC(=O)/C(C#N)=C/c2ccc(OC)cc2OCc2cccc([N+](=O)[O-])c2)cc1. The number of hydrogen-bond acceptors (Lipinski definition) is 7. The molecule has 172 valence electrons.